The molecule has 8 heteroatoms. The van der Waals surface area contributed by atoms with Gasteiger partial charge in [0.1, 0.15) is 5.54 Å². The van der Waals surface area contributed by atoms with E-state index in [0.717, 1.165) is 15.3 Å². The third-order valence-electron chi connectivity index (χ3n) is 4.21. The van der Waals surface area contributed by atoms with E-state index in [1.807, 2.05) is 6.07 Å². The summed E-state index contributed by atoms with van der Waals surface area (Å²) in [6.45, 7) is 3.14. The van der Waals surface area contributed by atoms with Gasteiger partial charge in [0.2, 0.25) is 5.91 Å². The minimum Gasteiger partial charge on any atom is -0.379 e. The summed E-state index contributed by atoms with van der Waals surface area (Å²) in [5, 5.41) is 0. The second-order valence-corrected chi connectivity index (χ2v) is 7.39. The van der Waals surface area contributed by atoms with Crippen LogP contribution in [-0.2, 0) is 28.7 Å². The number of imidazole rings is 1. The Bertz CT molecular complexity index is 1110. The van der Waals surface area contributed by atoms with Crippen LogP contribution in [0.3, 0.4) is 0 Å². The van der Waals surface area contributed by atoms with Gasteiger partial charge in [-0.15, -0.1) is 11.3 Å². The Balaban J connectivity index is 2.07. The number of nitrogens with zero attached hydrogens (tertiary/aromatic N) is 3. The molecular weight excluding hydrogens is 340 g/mol. The molecule has 0 unspecified atom stereocenters. The van der Waals surface area contributed by atoms with Crippen molar-refractivity contribution in [2.75, 3.05) is 7.04 Å². The quantitative estimate of drug-likeness (QED) is 0.748. The number of methoxy groups -OCH3 is 1. The van der Waals surface area contributed by atoms with Crippen LogP contribution in [0.25, 0.3) is 21.6 Å². The molecule has 0 aliphatic carbocycles. The second kappa shape index (κ2) is 6.12. The lowest BCUT2D eigenvalue weighted by Crippen LogP contribution is -2.46. The molecule has 0 saturated heterocycles. The lowest BCUT2D eigenvalue weighted by molar-refractivity contribution is -0.125. The molecule has 3 aromatic heterocycles. The first-order valence-electron chi connectivity index (χ1n) is 9.03. The number of pyridine rings is 1. The van der Waals surface area contributed by atoms with E-state index in [1.54, 1.807) is 39.2 Å². The normalized spacial score (nSPS) is 14.3. The molecule has 0 spiro atoms. The van der Waals surface area contributed by atoms with Gasteiger partial charge in [-0.1, -0.05) is 0 Å². The van der Waals surface area contributed by atoms with Crippen LogP contribution >= 0.6 is 11.3 Å². The number of hydrogen-bond donors (Lipinski definition) is 1. The average Bonchev–Trinajstić information content (AvgIpc) is 3.16. The molecule has 0 bridgehead atoms. The van der Waals surface area contributed by atoms with Gasteiger partial charge in [0.15, 0.2) is 5.65 Å². The van der Waals surface area contributed by atoms with Crippen LogP contribution in [0, 0.1) is 0 Å². The van der Waals surface area contributed by atoms with Crippen molar-refractivity contribution in [2.45, 2.75) is 26.0 Å². The molecule has 0 aliphatic heterocycles. The highest BCUT2D eigenvalue weighted by Crippen LogP contribution is 2.30. The zero-order valence-electron chi connectivity index (χ0n) is 17.1. The fourth-order valence-corrected chi connectivity index (χ4v) is 3.58. The van der Waals surface area contributed by atoms with Gasteiger partial charge in [0, 0.05) is 35.6 Å². The van der Waals surface area contributed by atoms with Gasteiger partial charge >= 0.3 is 5.69 Å². The number of primary amides is 1. The van der Waals surface area contributed by atoms with Gasteiger partial charge < -0.3 is 10.5 Å². The van der Waals surface area contributed by atoms with Crippen molar-refractivity contribution in [3.05, 3.63) is 39.8 Å². The smallest absolute Gasteiger partial charge is 0.331 e. The summed E-state index contributed by atoms with van der Waals surface area (Å²) in [5.41, 5.74) is 5.55. The molecule has 0 aromatic carbocycles. The van der Waals surface area contributed by atoms with E-state index < -0.39 is 18.5 Å². The van der Waals surface area contributed by atoms with Crippen molar-refractivity contribution in [3.63, 3.8) is 0 Å². The largest absolute Gasteiger partial charge is 0.379 e. The van der Waals surface area contributed by atoms with Gasteiger partial charge in [0.05, 0.1) is 16.2 Å². The zero-order chi connectivity index (χ0) is 20.9. The van der Waals surface area contributed by atoms with Gasteiger partial charge in [0.25, 0.3) is 0 Å². The Morgan fingerprint density at radius 3 is 2.92 bits per heavy atom. The van der Waals surface area contributed by atoms with Crippen LogP contribution in [0.1, 0.15) is 22.8 Å². The molecule has 7 nitrogen and oxygen atoms in total. The summed E-state index contributed by atoms with van der Waals surface area (Å²) in [4.78, 5) is 30.6. The van der Waals surface area contributed by atoms with Crippen LogP contribution in [0.15, 0.2) is 29.2 Å². The molecule has 0 atom stereocenters. The number of amides is 1. The third-order valence-corrected chi connectivity index (χ3v) is 5.31. The SMILES string of the molecule is [2H]C([2H])([2H])OCc1ccc(-c2cnc3c(c2)n(C(C)(C)C(N)=O)c(=O)n3C)s1. The summed E-state index contributed by atoms with van der Waals surface area (Å²) >= 11 is 1.37. The van der Waals surface area contributed by atoms with Gasteiger partial charge in [-0.2, -0.15) is 0 Å². The highest BCUT2D eigenvalue weighted by Gasteiger charge is 2.32. The number of thiophene rings is 1. The number of fused-ring (bicyclic) bond motifs is 1. The molecule has 3 heterocycles. The Hall–Kier alpha value is -2.45. The Labute approximate surface area is 152 Å². The maximum absolute atomic E-state index is 12.7. The first-order valence-corrected chi connectivity index (χ1v) is 8.34. The summed E-state index contributed by atoms with van der Waals surface area (Å²) in [7, 11) is -0.870. The zero-order valence-corrected chi connectivity index (χ0v) is 14.9. The van der Waals surface area contributed by atoms with Gasteiger partial charge in [-0.25, -0.2) is 9.78 Å². The van der Waals surface area contributed by atoms with Crippen molar-refractivity contribution in [1.29, 1.82) is 0 Å². The number of aromatic nitrogens is 3. The molecule has 132 valence electrons. The minimum atomic E-state index is -2.45. The number of nitrogens with two attached hydrogens (primary N) is 1. The molecule has 0 aliphatic rings. The van der Waals surface area contributed by atoms with E-state index >= 15 is 0 Å². The van der Waals surface area contributed by atoms with Crippen molar-refractivity contribution in [2.24, 2.45) is 12.8 Å². The van der Waals surface area contributed by atoms with E-state index in [1.165, 1.54) is 20.5 Å². The van der Waals surface area contributed by atoms with Crippen LogP contribution in [0.5, 0.6) is 0 Å². The highest BCUT2D eigenvalue weighted by atomic mass is 32.1. The third kappa shape index (κ3) is 2.77. The Morgan fingerprint density at radius 2 is 2.24 bits per heavy atom. The minimum absolute atomic E-state index is 0.0262. The van der Waals surface area contributed by atoms with Crippen molar-refractivity contribution < 1.29 is 13.6 Å². The number of hydrogen-bond acceptors (Lipinski definition) is 5. The van der Waals surface area contributed by atoms with Gasteiger partial charge in [-0.05, 0) is 32.0 Å². The number of carbonyl (C=O) groups excluding carboxylic acids is 1. The van der Waals surface area contributed by atoms with Crippen molar-refractivity contribution in [3.8, 4) is 10.4 Å². The van der Waals surface area contributed by atoms with Crippen LogP contribution < -0.4 is 11.4 Å². The molecule has 0 saturated carbocycles. The molecular formula is C17H20N4O3S. The van der Waals surface area contributed by atoms with Gasteiger partial charge in [-0.3, -0.25) is 13.9 Å². The fourth-order valence-electron chi connectivity index (χ4n) is 2.68. The van der Waals surface area contributed by atoms with E-state index in [-0.39, 0.29) is 12.3 Å². The van der Waals surface area contributed by atoms with E-state index in [2.05, 4.69) is 4.98 Å². The Morgan fingerprint density at radius 1 is 1.48 bits per heavy atom. The summed E-state index contributed by atoms with van der Waals surface area (Å²) in [5.74, 6) is -0.632. The van der Waals surface area contributed by atoms with Crippen LogP contribution in [-0.4, -0.2) is 27.1 Å². The number of rotatable bonds is 5. The van der Waals surface area contributed by atoms with E-state index in [0.29, 0.717) is 11.2 Å². The summed E-state index contributed by atoms with van der Waals surface area (Å²) in [6.07, 6.45) is 1.63. The van der Waals surface area contributed by atoms with E-state index in [4.69, 9.17) is 14.6 Å². The highest BCUT2D eigenvalue weighted by molar-refractivity contribution is 7.15. The number of ether oxygens (including phenoxy) is 1. The number of carbonyl (C=O) groups is 1. The Kier molecular flexibility index (Phi) is 3.38. The van der Waals surface area contributed by atoms with E-state index in [9.17, 15) is 9.59 Å². The maximum Gasteiger partial charge on any atom is 0.331 e. The molecule has 3 aromatic rings. The van der Waals surface area contributed by atoms with Crippen LogP contribution in [0.2, 0.25) is 0 Å². The van der Waals surface area contributed by atoms with Crippen molar-refractivity contribution >= 4 is 28.4 Å². The summed E-state index contributed by atoms with van der Waals surface area (Å²) in [6, 6.07) is 5.38. The average molecular weight is 363 g/mol. The molecule has 0 radical (unpaired) electrons. The molecule has 2 N–H and O–H groups in total. The van der Waals surface area contributed by atoms with Crippen LogP contribution in [0.4, 0.5) is 0 Å². The summed E-state index contributed by atoms with van der Waals surface area (Å²) < 4.78 is 28.9. The maximum atomic E-state index is 12.7. The molecule has 0 fully saturated rings. The predicted molar refractivity (Wildman–Crippen MR) is 97.5 cm³/mol. The lowest BCUT2D eigenvalue weighted by atomic mass is 10.0. The second-order valence-electron chi connectivity index (χ2n) is 6.22. The first kappa shape index (κ1) is 13.8. The standard InChI is InChI=1S/C17H20N4O3S/c1-17(2,15(18)22)21-12-7-10(8-19-14(12)20(3)16(21)23)13-6-5-11(25-13)9-24-4/h5-8H,9H2,1-4H3,(H2,18,22)/i4D3. The topological polar surface area (TPSA) is 92.1 Å². The monoisotopic (exact) mass is 363 g/mol. The first-order chi connectivity index (χ1) is 12.9. The molecule has 1 amide bonds. The fraction of sp³-hybridized carbons (Fsp3) is 0.353. The lowest BCUT2D eigenvalue weighted by Gasteiger charge is -2.22. The predicted octanol–water partition coefficient (Wildman–Crippen LogP) is 1.83. The molecule has 3 rings (SSSR count). The van der Waals surface area contributed by atoms with Crippen molar-refractivity contribution in [1.82, 2.24) is 14.1 Å². The molecule has 25 heavy (non-hydrogen) atoms. The number of aryl methyl sites for hydroxylation is 1.